The first-order valence-electron chi connectivity index (χ1n) is 7.22. The fraction of sp³-hybridized carbons (Fsp3) is 0.111. The molecule has 0 unspecified atom stereocenters. The van der Waals surface area contributed by atoms with E-state index in [9.17, 15) is 9.18 Å². The average molecular weight is 406 g/mol. The molecule has 0 saturated carbocycles. The van der Waals surface area contributed by atoms with Crippen LogP contribution in [-0.2, 0) is 9.53 Å². The van der Waals surface area contributed by atoms with E-state index in [4.69, 9.17) is 14.2 Å². The second-order valence-corrected chi connectivity index (χ2v) is 5.94. The summed E-state index contributed by atoms with van der Waals surface area (Å²) in [4.78, 5) is 16.2. The van der Waals surface area contributed by atoms with Crippen molar-refractivity contribution in [1.29, 1.82) is 0 Å². The number of hydrogen-bond donors (Lipinski definition) is 0. The summed E-state index contributed by atoms with van der Waals surface area (Å²) >= 11 is 3.39. The van der Waals surface area contributed by atoms with Crippen LogP contribution in [0, 0.1) is 5.82 Å². The van der Waals surface area contributed by atoms with Gasteiger partial charge in [0.05, 0.1) is 18.7 Å². The first kappa shape index (κ1) is 17.2. The lowest BCUT2D eigenvalue weighted by atomic mass is 10.1. The van der Waals surface area contributed by atoms with Gasteiger partial charge in [0.25, 0.3) is 0 Å². The van der Waals surface area contributed by atoms with Crippen molar-refractivity contribution in [1.82, 2.24) is 0 Å². The van der Waals surface area contributed by atoms with Gasteiger partial charge in [-0.1, -0.05) is 6.07 Å². The third kappa shape index (κ3) is 3.56. The molecule has 0 atom stereocenters. The van der Waals surface area contributed by atoms with Crippen molar-refractivity contribution in [2.45, 2.75) is 0 Å². The molecule has 7 heteroatoms. The van der Waals surface area contributed by atoms with Gasteiger partial charge in [-0.05, 0) is 57.9 Å². The number of methoxy groups -OCH3 is 2. The highest BCUT2D eigenvalue weighted by Crippen LogP contribution is 2.37. The molecular formula is C18H13BrFNO4. The molecule has 0 N–H and O–H groups in total. The Labute approximate surface area is 151 Å². The molecule has 3 rings (SSSR count). The minimum absolute atomic E-state index is 0.0651. The van der Waals surface area contributed by atoms with E-state index < -0.39 is 11.8 Å². The molecule has 0 saturated heterocycles. The van der Waals surface area contributed by atoms with E-state index in [2.05, 4.69) is 20.9 Å². The van der Waals surface area contributed by atoms with Crippen LogP contribution in [0.4, 0.5) is 4.39 Å². The van der Waals surface area contributed by atoms with E-state index in [0.717, 1.165) is 0 Å². The Morgan fingerprint density at radius 3 is 2.68 bits per heavy atom. The summed E-state index contributed by atoms with van der Waals surface area (Å²) in [7, 11) is 3.05. The molecule has 0 aliphatic carbocycles. The molecule has 1 aliphatic rings. The highest BCUT2D eigenvalue weighted by Gasteiger charge is 2.24. The Bertz CT molecular complexity index is 908. The molecule has 1 aliphatic heterocycles. The number of cyclic esters (lactones) is 1. The molecular weight excluding hydrogens is 393 g/mol. The predicted octanol–water partition coefficient (Wildman–Crippen LogP) is 3.95. The van der Waals surface area contributed by atoms with Crippen LogP contribution < -0.4 is 9.47 Å². The number of rotatable bonds is 4. The maximum absolute atomic E-state index is 13.3. The van der Waals surface area contributed by atoms with Crippen LogP contribution in [0.1, 0.15) is 11.1 Å². The number of benzene rings is 2. The van der Waals surface area contributed by atoms with Crippen LogP contribution in [0.25, 0.3) is 6.08 Å². The molecule has 2 aromatic rings. The third-order valence-electron chi connectivity index (χ3n) is 3.45. The van der Waals surface area contributed by atoms with Crippen LogP contribution in [0.3, 0.4) is 0 Å². The van der Waals surface area contributed by atoms with Crippen LogP contribution in [0.2, 0.25) is 0 Å². The quantitative estimate of drug-likeness (QED) is 0.570. The number of carbonyl (C=O) groups excluding carboxylic acids is 1. The zero-order valence-electron chi connectivity index (χ0n) is 13.4. The van der Waals surface area contributed by atoms with Crippen molar-refractivity contribution in [2.24, 2.45) is 4.99 Å². The molecule has 1 heterocycles. The molecule has 0 fully saturated rings. The Kier molecular flexibility index (Phi) is 4.85. The maximum atomic E-state index is 13.3. The van der Waals surface area contributed by atoms with Crippen molar-refractivity contribution >= 4 is 33.9 Å². The van der Waals surface area contributed by atoms with Gasteiger partial charge in [-0.3, -0.25) is 0 Å². The normalized spacial score (nSPS) is 15.1. The van der Waals surface area contributed by atoms with E-state index in [1.807, 2.05) is 0 Å². The van der Waals surface area contributed by atoms with E-state index >= 15 is 0 Å². The number of carbonyl (C=O) groups is 1. The lowest BCUT2D eigenvalue weighted by Gasteiger charge is -2.10. The number of aliphatic imine (C=N–C) groups is 1. The lowest BCUT2D eigenvalue weighted by Crippen LogP contribution is -2.05. The smallest absolute Gasteiger partial charge is 0.363 e. The molecule has 0 amide bonds. The van der Waals surface area contributed by atoms with Gasteiger partial charge in [0, 0.05) is 5.56 Å². The van der Waals surface area contributed by atoms with Crippen LogP contribution in [0.15, 0.2) is 51.6 Å². The summed E-state index contributed by atoms with van der Waals surface area (Å²) in [6.45, 7) is 0. The summed E-state index contributed by atoms with van der Waals surface area (Å²) in [5.41, 5.74) is 1.17. The highest BCUT2D eigenvalue weighted by atomic mass is 79.9. The van der Waals surface area contributed by atoms with Crippen molar-refractivity contribution in [3.8, 4) is 11.5 Å². The molecule has 25 heavy (non-hydrogen) atoms. The van der Waals surface area contributed by atoms with Crippen LogP contribution in [0.5, 0.6) is 11.5 Å². The predicted molar refractivity (Wildman–Crippen MR) is 94.3 cm³/mol. The van der Waals surface area contributed by atoms with E-state index in [0.29, 0.717) is 27.1 Å². The van der Waals surface area contributed by atoms with Gasteiger partial charge in [0.1, 0.15) is 5.82 Å². The van der Waals surface area contributed by atoms with Crippen LogP contribution >= 0.6 is 15.9 Å². The molecule has 2 aromatic carbocycles. The number of nitrogens with zero attached hydrogens (tertiary/aromatic N) is 1. The largest absolute Gasteiger partial charge is 0.493 e. The molecule has 0 spiro atoms. The van der Waals surface area contributed by atoms with E-state index in [-0.39, 0.29) is 11.6 Å². The van der Waals surface area contributed by atoms with Gasteiger partial charge in [-0.2, -0.15) is 0 Å². The molecule has 0 bridgehead atoms. The van der Waals surface area contributed by atoms with E-state index in [1.54, 1.807) is 24.3 Å². The maximum Gasteiger partial charge on any atom is 0.363 e. The number of halogens is 2. The molecule has 128 valence electrons. The van der Waals surface area contributed by atoms with Crippen molar-refractivity contribution < 1.29 is 23.4 Å². The standard InChI is InChI=1S/C18H13BrFNO4/c1-23-15-8-10(6-13(19)16(15)24-2)7-14-18(22)25-17(21-14)11-4-3-5-12(20)9-11/h3-9H,1-2H3/b14-7-. The van der Waals surface area contributed by atoms with Gasteiger partial charge in [0.2, 0.25) is 5.90 Å². The topological polar surface area (TPSA) is 57.1 Å². The second-order valence-electron chi connectivity index (χ2n) is 5.08. The zero-order chi connectivity index (χ0) is 18.0. The lowest BCUT2D eigenvalue weighted by molar-refractivity contribution is -0.129. The number of esters is 1. The Balaban J connectivity index is 1.98. The van der Waals surface area contributed by atoms with Gasteiger partial charge in [0.15, 0.2) is 17.2 Å². The first-order valence-corrected chi connectivity index (χ1v) is 8.01. The van der Waals surface area contributed by atoms with Gasteiger partial charge in [-0.15, -0.1) is 0 Å². The highest BCUT2D eigenvalue weighted by molar-refractivity contribution is 9.10. The SMILES string of the molecule is COc1cc(/C=C2\N=C(c3cccc(F)c3)OC2=O)cc(Br)c1OC. The van der Waals surface area contributed by atoms with Gasteiger partial charge >= 0.3 is 5.97 Å². The first-order chi connectivity index (χ1) is 12.0. The fourth-order valence-electron chi connectivity index (χ4n) is 2.33. The summed E-state index contributed by atoms with van der Waals surface area (Å²) in [6, 6.07) is 9.16. The Morgan fingerprint density at radius 1 is 1.20 bits per heavy atom. The third-order valence-corrected chi connectivity index (χ3v) is 4.04. The summed E-state index contributed by atoms with van der Waals surface area (Å²) < 4.78 is 29.6. The fourth-order valence-corrected chi connectivity index (χ4v) is 2.95. The minimum atomic E-state index is -0.606. The average Bonchev–Trinajstić information content (AvgIpc) is 2.95. The van der Waals surface area contributed by atoms with Gasteiger partial charge < -0.3 is 14.2 Å². The molecule has 0 radical (unpaired) electrons. The summed E-state index contributed by atoms with van der Waals surface area (Å²) in [6.07, 6.45) is 1.56. The van der Waals surface area contributed by atoms with Crippen molar-refractivity contribution in [2.75, 3.05) is 14.2 Å². The van der Waals surface area contributed by atoms with Crippen molar-refractivity contribution in [3.63, 3.8) is 0 Å². The Hall–Kier alpha value is -2.67. The number of ether oxygens (including phenoxy) is 3. The zero-order valence-corrected chi connectivity index (χ0v) is 15.0. The summed E-state index contributed by atoms with van der Waals surface area (Å²) in [5, 5.41) is 0. The van der Waals surface area contributed by atoms with Gasteiger partial charge in [-0.25, -0.2) is 14.2 Å². The summed E-state index contributed by atoms with van der Waals surface area (Å²) in [5.74, 6) is 0.0741. The second kappa shape index (κ2) is 7.06. The molecule has 0 aromatic heterocycles. The monoisotopic (exact) mass is 405 g/mol. The van der Waals surface area contributed by atoms with E-state index in [1.165, 1.54) is 32.4 Å². The van der Waals surface area contributed by atoms with Crippen LogP contribution in [-0.4, -0.2) is 26.1 Å². The molecule has 5 nitrogen and oxygen atoms in total. The Morgan fingerprint density at radius 2 is 2.00 bits per heavy atom. The van der Waals surface area contributed by atoms with Crippen molar-refractivity contribution in [3.05, 3.63) is 63.5 Å². The number of hydrogen-bond acceptors (Lipinski definition) is 5. The minimum Gasteiger partial charge on any atom is -0.493 e.